The number of hydrogen-bond acceptors (Lipinski definition) is 17. The van der Waals surface area contributed by atoms with E-state index in [0.29, 0.717) is 0 Å². The number of hydrogen-bond donors (Lipinski definition) is 0. The highest BCUT2D eigenvalue weighted by Gasteiger charge is 2.55. The molecule has 0 aromatic rings. The van der Waals surface area contributed by atoms with Crippen molar-refractivity contribution in [3.05, 3.63) is 0 Å². The Morgan fingerprint density at radius 1 is 0.477 bits per heavy atom. The van der Waals surface area contributed by atoms with E-state index in [2.05, 4.69) is 15.9 Å². The Hall–Kier alpha value is -3.35. The molecule has 2 fully saturated rings. The number of alkyl halides is 1. The molecule has 0 radical (unpaired) electrons. The van der Waals surface area contributed by atoms with Gasteiger partial charge in [0.2, 0.25) is 0 Å². The van der Waals surface area contributed by atoms with E-state index in [1.807, 2.05) is 0 Å². The zero-order chi connectivity index (χ0) is 33.3. The van der Waals surface area contributed by atoms with Crippen LogP contribution >= 0.6 is 15.9 Å². The Bertz CT molecular complexity index is 1090. The second-order valence-corrected chi connectivity index (χ2v) is 10.6. The van der Waals surface area contributed by atoms with E-state index in [1.54, 1.807) is 0 Å². The summed E-state index contributed by atoms with van der Waals surface area (Å²) in [7, 11) is 0. The third-order valence-corrected chi connectivity index (χ3v) is 6.59. The van der Waals surface area contributed by atoms with Crippen LogP contribution in [0.1, 0.15) is 48.5 Å². The lowest BCUT2D eigenvalue weighted by Crippen LogP contribution is -2.64. The average molecular weight is 699 g/mol. The molecule has 10 atom stereocenters. The number of halogens is 1. The van der Waals surface area contributed by atoms with Crippen LogP contribution in [0.2, 0.25) is 0 Å². The SMILES string of the molecule is CC(=O)OC[C@H]1O[C@H](OC[C@H]2O[C@H](Br)[C@H](OC(C)=O)[C@@H](OC(C)=O)[C@H]2OC(C)=O)[C@H](OC(C)=O)[C@@H](OC(C)=O)[C@@H]1OC(C)=O. The molecular formula is C26H35BrO17. The van der Waals surface area contributed by atoms with Crippen LogP contribution in [-0.4, -0.2) is 115 Å². The first-order valence-electron chi connectivity index (χ1n) is 13.2. The lowest BCUT2D eigenvalue weighted by Gasteiger charge is -2.45. The molecule has 17 nitrogen and oxygen atoms in total. The van der Waals surface area contributed by atoms with Crippen molar-refractivity contribution in [1.29, 1.82) is 0 Å². The summed E-state index contributed by atoms with van der Waals surface area (Å²) in [6, 6.07) is 0. The van der Waals surface area contributed by atoms with Crippen molar-refractivity contribution in [1.82, 2.24) is 0 Å². The van der Waals surface area contributed by atoms with Crippen LogP contribution in [0.15, 0.2) is 0 Å². The van der Waals surface area contributed by atoms with Gasteiger partial charge in [-0.05, 0) is 0 Å². The minimum Gasteiger partial charge on any atom is -0.463 e. The molecule has 18 heteroatoms. The Balaban J connectivity index is 2.48. The number of carbonyl (C=O) groups is 7. The van der Waals surface area contributed by atoms with Crippen LogP contribution in [0.25, 0.3) is 0 Å². The van der Waals surface area contributed by atoms with Crippen molar-refractivity contribution >= 4 is 57.7 Å². The van der Waals surface area contributed by atoms with E-state index in [9.17, 15) is 33.6 Å². The van der Waals surface area contributed by atoms with Crippen LogP contribution in [-0.2, 0) is 80.9 Å². The predicted molar refractivity (Wildman–Crippen MR) is 142 cm³/mol. The third kappa shape index (κ3) is 11.0. The first-order valence-corrected chi connectivity index (χ1v) is 14.1. The fourth-order valence-corrected chi connectivity index (χ4v) is 5.17. The first-order chi connectivity index (χ1) is 20.5. The molecule has 248 valence electrons. The number of carbonyl (C=O) groups excluding carboxylic acids is 7. The second kappa shape index (κ2) is 16.6. The molecule has 0 N–H and O–H groups in total. The van der Waals surface area contributed by atoms with Gasteiger partial charge in [0.05, 0.1) is 6.61 Å². The van der Waals surface area contributed by atoms with Crippen LogP contribution in [0.5, 0.6) is 0 Å². The minimum absolute atomic E-state index is 0.490. The van der Waals surface area contributed by atoms with Crippen molar-refractivity contribution < 1.29 is 80.9 Å². The number of rotatable bonds is 11. The molecule has 2 aliphatic heterocycles. The van der Waals surface area contributed by atoms with Gasteiger partial charge in [0.25, 0.3) is 0 Å². The molecule has 0 spiro atoms. The van der Waals surface area contributed by atoms with Crippen LogP contribution < -0.4 is 0 Å². The summed E-state index contributed by atoms with van der Waals surface area (Å²) in [6.45, 7) is 6.61. The average Bonchev–Trinajstić information content (AvgIpc) is 2.87. The quantitative estimate of drug-likeness (QED) is 0.158. The minimum atomic E-state index is -1.58. The highest BCUT2D eigenvalue weighted by molar-refractivity contribution is 9.09. The van der Waals surface area contributed by atoms with Gasteiger partial charge in [0.15, 0.2) is 47.9 Å². The lowest BCUT2D eigenvalue weighted by molar-refractivity contribution is -0.317. The molecule has 0 saturated carbocycles. The zero-order valence-corrected chi connectivity index (χ0v) is 26.6. The molecule has 0 amide bonds. The van der Waals surface area contributed by atoms with Crippen molar-refractivity contribution in [2.45, 2.75) is 109 Å². The summed E-state index contributed by atoms with van der Waals surface area (Å²) >= 11 is 3.23. The standard InChI is InChI=1S/C26H35BrO17/c1-10(28)35-8-18-20(38-12(3)30)22(40-14(5)32)24(42-16(7)34)26(44-18)36-9-17-19(37-11(2)29)21(39-13(4)31)23(25(27)43-17)41-15(6)33/h17-26H,8-9H2,1-7H3/t17-,18-,19+,20-,21+,22+,23-,24-,25+,26+/m1/s1. The Morgan fingerprint density at radius 3 is 1.27 bits per heavy atom. The molecule has 2 saturated heterocycles. The molecule has 0 unspecified atom stereocenters. The van der Waals surface area contributed by atoms with Gasteiger partial charge in [0.1, 0.15) is 18.8 Å². The maximum atomic E-state index is 12.1. The van der Waals surface area contributed by atoms with Gasteiger partial charge in [-0.1, -0.05) is 15.9 Å². The highest BCUT2D eigenvalue weighted by atomic mass is 79.9. The van der Waals surface area contributed by atoms with Crippen molar-refractivity contribution in [3.8, 4) is 0 Å². The highest BCUT2D eigenvalue weighted by Crippen LogP contribution is 2.34. The van der Waals surface area contributed by atoms with Crippen molar-refractivity contribution in [2.75, 3.05) is 13.2 Å². The van der Waals surface area contributed by atoms with Gasteiger partial charge in [0, 0.05) is 48.5 Å². The summed E-state index contributed by atoms with van der Waals surface area (Å²) in [6.07, 6.45) is -12.5. The summed E-state index contributed by atoms with van der Waals surface area (Å²) < 4.78 is 54.8. The summed E-state index contributed by atoms with van der Waals surface area (Å²) in [4.78, 5) is 83.3. The molecule has 0 aromatic heterocycles. The number of esters is 7. The largest absolute Gasteiger partial charge is 0.463 e. The van der Waals surface area contributed by atoms with Crippen LogP contribution in [0.4, 0.5) is 0 Å². The van der Waals surface area contributed by atoms with E-state index in [1.165, 1.54) is 0 Å². The van der Waals surface area contributed by atoms with Crippen LogP contribution in [0.3, 0.4) is 0 Å². The molecule has 0 aromatic carbocycles. The van der Waals surface area contributed by atoms with Gasteiger partial charge in [-0.2, -0.15) is 0 Å². The fraction of sp³-hybridized carbons (Fsp3) is 0.731. The molecule has 2 aliphatic rings. The summed E-state index contributed by atoms with van der Waals surface area (Å²) in [5.74, 6) is -5.55. The Kier molecular flexibility index (Phi) is 13.9. The van der Waals surface area contributed by atoms with Gasteiger partial charge in [-0.25, -0.2) is 0 Å². The van der Waals surface area contributed by atoms with Gasteiger partial charge in [-0.3, -0.25) is 33.6 Å². The third-order valence-electron chi connectivity index (χ3n) is 5.86. The predicted octanol–water partition coefficient (Wildman–Crippen LogP) is 0.00100. The van der Waals surface area contributed by atoms with Gasteiger partial charge >= 0.3 is 41.8 Å². The van der Waals surface area contributed by atoms with E-state index in [0.717, 1.165) is 48.5 Å². The van der Waals surface area contributed by atoms with Gasteiger partial charge in [-0.15, -0.1) is 0 Å². The monoisotopic (exact) mass is 698 g/mol. The Labute approximate surface area is 260 Å². The molecule has 0 bridgehead atoms. The second-order valence-electron chi connectivity index (χ2n) is 9.65. The lowest BCUT2D eigenvalue weighted by atomic mass is 9.97. The smallest absolute Gasteiger partial charge is 0.303 e. The maximum Gasteiger partial charge on any atom is 0.303 e. The Morgan fingerprint density at radius 2 is 0.841 bits per heavy atom. The van der Waals surface area contributed by atoms with E-state index < -0.39 is 115 Å². The van der Waals surface area contributed by atoms with Gasteiger partial charge < -0.3 is 47.4 Å². The topological polar surface area (TPSA) is 212 Å². The molecular weight excluding hydrogens is 664 g/mol. The van der Waals surface area contributed by atoms with E-state index in [4.69, 9.17) is 47.4 Å². The van der Waals surface area contributed by atoms with E-state index in [-0.39, 0.29) is 0 Å². The van der Waals surface area contributed by atoms with Crippen molar-refractivity contribution in [2.24, 2.45) is 0 Å². The fourth-order valence-electron chi connectivity index (χ4n) is 4.49. The van der Waals surface area contributed by atoms with Crippen LogP contribution in [0, 0.1) is 0 Å². The normalized spacial score (nSPS) is 31.5. The number of ether oxygens (including phenoxy) is 10. The first kappa shape index (κ1) is 36.8. The van der Waals surface area contributed by atoms with E-state index >= 15 is 0 Å². The molecule has 2 heterocycles. The maximum absolute atomic E-state index is 12.1. The molecule has 0 aliphatic carbocycles. The molecule has 44 heavy (non-hydrogen) atoms. The summed E-state index contributed by atoms with van der Waals surface area (Å²) in [5, 5.41) is -1.09. The van der Waals surface area contributed by atoms with Crippen molar-refractivity contribution in [3.63, 3.8) is 0 Å². The zero-order valence-electron chi connectivity index (χ0n) is 25.0. The molecule has 2 rings (SSSR count). The summed E-state index contributed by atoms with van der Waals surface area (Å²) in [5.41, 5.74) is 0.